The molecule has 1 fully saturated rings. The van der Waals surface area contributed by atoms with Crippen LogP contribution in [0.5, 0.6) is 0 Å². The maximum absolute atomic E-state index is 11.6. The number of rotatable bonds is 8. The largest absolute Gasteiger partial charge is 0.463 e. The summed E-state index contributed by atoms with van der Waals surface area (Å²) < 4.78 is 27.0. The number of esters is 3. The summed E-state index contributed by atoms with van der Waals surface area (Å²) >= 11 is 0. The molecule has 2 unspecified atom stereocenters. The molecular formula is C17H27NO9. The molecule has 1 rings (SSSR count). The van der Waals surface area contributed by atoms with Gasteiger partial charge in [0.15, 0.2) is 18.5 Å². The number of carbonyl (C=O) groups excluding carboxylic acids is 4. The molecule has 0 bridgehead atoms. The van der Waals surface area contributed by atoms with Gasteiger partial charge in [0.25, 0.3) is 0 Å². The van der Waals surface area contributed by atoms with E-state index in [2.05, 4.69) is 5.32 Å². The van der Waals surface area contributed by atoms with Crippen LogP contribution in [0.4, 0.5) is 0 Å². The smallest absolute Gasteiger partial charge is 0.303 e. The van der Waals surface area contributed by atoms with E-state index in [1.54, 1.807) is 0 Å². The van der Waals surface area contributed by atoms with Crippen LogP contribution in [0.1, 0.15) is 41.0 Å². The molecule has 0 radical (unpaired) electrons. The van der Waals surface area contributed by atoms with Gasteiger partial charge in [-0.3, -0.25) is 19.2 Å². The fourth-order valence-corrected chi connectivity index (χ4v) is 2.67. The molecule has 0 aliphatic carbocycles. The van der Waals surface area contributed by atoms with E-state index >= 15 is 0 Å². The fraction of sp³-hybridized carbons (Fsp3) is 0.765. The van der Waals surface area contributed by atoms with Gasteiger partial charge in [0.05, 0.1) is 0 Å². The van der Waals surface area contributed by atoms with E-state index in [1.807, 2.05) is 6.92 Å². The Balaban J connectivity index is 3.22. The Hall–Kier alpha value is -2.20. The van der Waals surface area contributed by atoms with Gasteiger partial charge in [-0.25, -0.2) is 0 Å². The lowest BCUT2D eigenvalue weighted by atomic mass is 9.96. The molecule has 0 aromatic carbocycles. The van der Waals surface area contributed by atoms with Crippen molar-refractivity contribution in [2.75, 3.05) is 13.2 Å². The molecular weight excluding hydrogens is 362 g/mol. The van der Waals surface area contributed by atoms with Crippen LogP contribution >= 0.6 is 0 Å². The van der Waals surface area contributed by atoms with Crippen LogP contribution in [0.3, 0.4) is 0 Å². The number of hydrogen-bond donors (Lipinski definition) is 1. The van der Waals surface area contributed by atoms with Gasteiger partial charge < -0.3 is 29.0 Å². The highest BCUT2D eigenvalue weighted by molar-refractivity contribution is 5.73. The van der Waals surface area contributed by atoms with Crippen LogP contribution in [0.2, 0.25) is 0 Å². The molecule has 154 valence electrons. The number of carbonyl (C=O) groups is 4. The third kappa shape index (κ3) is 7.51. The summed E-state index contributed by atoms with van der Waals surface area (Å²) in [5.74, 6) is -2.26. The molecule has 27 heavy (non-hydrogen) atoms. The third-order valence-electron chi connectivity index (χ3n) is 3.56. The van der Waals surface area contributed by atoms with E-state index in [4.69, 9.17) is 23.7 Å². The zero-order valence-corrected chi connectivity index (χ0v) is 16.2. The molecule has 0 aromatic heterocycles. The van der Waals surface area contributed by atoms with Gasteiger partial charge in [-0.1, -0.05) is 6.92 Å². The van der Waals surface area contributed by atoms with Crippen molar-refractivity contribution in [3.63, 3.8) is 0 Å². The Morgan fingerprint density at radius 1 is 0.926 bits per heavy atom. The summed E-state index contributed by atoms with van der Waals surface area (Å²) in [5, 5.41) is 2.62. The minimum atomic E-state index is -1.11. The maximum Gasteiger partial charge on any atom is 0.303 e. The third-order valence-corrected chi connectivity index (χ3v) is 3.56. The number of nitrogens with one attached hydrogen (secondary N) is 1. The molecule has 1 aliphatic heterocycles. The maximum atomic E-state index is 11.6. The van der Waals surface area contributed by atoms with Gasteiger partial charge in [-0.05, 0) is 6.42 Å². The Labute approximate surface area is 157 Å². The normalized spacial score (nSPS) is 27.4. The highest BCUT2D eigenvalue weighted by atomic mass is 16.7. The Kier molecular flexibility index (Phi) is 9.16. The van der Waals surface area contributed by atoms with Crippen LogP contribution in [-0.2, 0) is 42.9 Å². The van der Waals surface area contributed by atoms with E-state index in [-0.39, 0.29) is 6.61 Å². The summed E-state index contributed by atoms with van der Waals surface area (Å²) in [6.45, 7) is 6.83. The van der Waals surface area contributed by atoms with Gasteiger partial charge in [-0.2, -0.15) is 0 Å². The molecule has 0 saturated carbocycles. The number of amides is 1. The van der Waals surface area contributed by atoms with Crippen molar-refractivity contribution in [3.8, 4) is 0 Å². The van der Waals surface area contributed by atoms with Crippen LogP contribution in [0.25, 0.3) is 0 Å². The van der Waals surface area contributed by atoms with Crippen molar-refractivity contribution in [2.24, 2.45) is 0 Å². The molecule has 10 nitrogen and oxygen atoms in total. The van der Waals surface area contributed by atoms with E-state index in [0.29, 0.717) is 13.0 Å². The van der Waals surface area contributed by atoms with Gasteiger partial charge in [0.1, 0.15) is 18.8 Å². The first-order valence-corrected chi connectivity index (χ1v) is 8.67. The van der Waals surface area contributed by atoms with Crippen molar-refractivity contribution in [3.05, 3.63) is 0 Å². The number of hydrogen-bond acceptors (Lipinski definition) is 9. The average Bonchev–Trinajstić information content (AvgIpc) is 2.54. The lowest BCUT2D eigenvalue weighted by Crippen LogP contribution is -2.66. The quantitative estimate of drug-likeness (QED) is 0.453. The molecule has 10 heteroatoms. The second kappa shape index (κ2) is 10.8. The number of ether oxygens (including phenoxy) is 5. The van der Waals surface area contributed by atoms with E-state index in [1.165, 1.54) is 27.7 Å². The monoisotopic (exact) mass is 389 g/mol. The van der Waals surface area contributed by atoms with Crippen LogP contribution in [0.15, 0.2) is 0 Å². The summed E-state index contributed by atoms with van der Waals surface area (Å²) in [4.78, 5) is 46.0. The molecule has 1 N–H and O–H groups in total. The molecule has 5 atom stereocenters. The minimum absolute atomic E-state index is 0.246. The SMILES string of the molecule is CCCO[C@@H]1OC(COC(C)=O)[C@@H](OC(C)=O)[C@H](OC(C)=O)C1NC(C)=O. The molecule has 1 amide bonds. The summed E-state index contributed by atoms with van der Waals surface area (Å²) in [6.07, 6.45) is -3.47. The highest BCUT2D eigenvalue weighted by Gasteiger charge is 2.51. The average molecular weight is 389 g/mol. The molecule has 0 spiro atoms. The lowest BCUT2D eigenvalue weighted by Gasteiger charge is -2.44. The zero-order valence-electron chi connectivity index (χ0n) is 16.2. The van der Waals surface area contributed by atoms with Gasteiger partial charge in [0.2, 0.25) is 5.91 Å². The van der Waals surface area contributed by atoms with Gasteiger partial charge >= 0.3 is 17.9 Å². The van der Waals surface area contributed by atoms with Crippen molar-refractivity contribution >= 4 is 23.8 Å². The van der Waals surface area contributed by atoms with Crippen LogP contribution in [0, 0.1) is 0 Å². The first kappa shape index (κ1) is 22.8. The van der Waals surface area contributed by atoms with Gasteiger partial charge in [0, 0.05) is 34.3 Å². The zero-order chi connectivity index (χ0) is 20.6. The Morgan fingerprint density at radius 3 is 2.00 bits per heavy atom. The second-order valence-electron chi connectivity index (χ2n) is 6.09. The van der Waals surface area contributed by atoms with Gasteiger partial charge in [-0.15, -0.1) is 0 Å². The predicted octanol–water partition coefficient (Wildman–Crippen LogP) is 0.0691. The Bertz CT molecular complexity index is 551. The van der Waals surface area contributed by atoms with Crippen LogP contribution in [-0.4, -0.2) is 67.7 Å². The lowest BCUT2D eigenvalue weighted by molar-refractivity contribution is -0.277. The summed E-state index contributed by atoms with van der Waals surface area (Å²) in [6, 6.07) is -0.920. The fourth-order valence-electron chi connectivity index (χ4n) is 2.67. The first-order valence-electron chi connectivity index (χ1n) is 8.67. The first-order chi connectivity index (χ1) is 12.6. The summed E-state index contributed by atoms with van der Waals surface area (Å²) in [7, 11) is 0. The molecule has 1 aliphatic rings. The standard InChI is InChI=1S/C17H27NO9/c1-6-7-23-17-14(18-9(2)19)16(26-12(5)22)15(25-11(4)21)13(27-17)8-24-10(3)20/h13-17H,6-8H2,1-5H3,(H,18,19)/t13?,14?,15-,16-,17-/m1/s1. The highest BCUT2D eigenvalue weighted by Crippen LogP contribution is 2.28. The van der Waals surface area contributed by atoms with Crippen molar-refractivity contribution in [2.45, 2.75) is 71.7 Å². The predicted molar refractivity (Wildman–Crippen MR) is 90.2 cm³/mol. The van der Waals surface area contributed by atoms with Crippen molar-refractivity contribution < 1.29 is 42.9 Å². The topological polar surface area (TPSA) is 126 Å². The molecule has 1 heterocycles. The Morgan fingerprint density at radius 2 is 1.52 bits per heavy atom. The van der Waals surface area contributed by atoms with Crippen molar-refractivity contribution in [1.29, 1.82) is 0 Å². The van der Waals surface area contributed by atoms with E-state index in [9.17, 15) is 19.2 Å². The molecule has 1 saturated heterocycles. The van der Waals surface area contributed by atoms with E-state index < -0.39 is 54.5 Å². The minimum Gasteiger partial charge on any atom is -0.463 e. The second-order valence-corrected chi connectivity index (χ2v) is 6.09. The van der Waals surface area contributed by atoms with E-state index in [0.717, 1.165) is 0 Å². The summed E-state index contributed by atoms with van der Waals surface area (Å²) in [5.41, 5.74) is 0. The van der Waals surface area contributed by atoms with Crippen LogP contribution < -0.4 is 5.32 Å². The van der Waals surface area contributed by atoms with Crippen molar-refractivity contribution in [1.82, 2.24) is 5.32 Å². The molecule has 0 aromatic rings.